The molecule has 2 rings (SSSR count). The van der Waals surface area contributed by atoms with Gasteiger partial charge in [0.25, 0.3) is 0 Å². The van der Waals surface area contributed by atoms with Crippen molar-refractivity contribution in [1.29, 1.82) is 0 Å². The normalized spacial score (nSPS) is 26.9. The van der Waals surface area contributed by atoms with E-state index in [4.69, 9.17) is 10.5 Å². The number of ether oxygens (including phenoxy) is 1. The van der Waals surface area contributed by atoms with Gasteiger partial charge in [0, 0.05) is 5.56 Å². The van der Waals surface area contributed by atoms with E-state index in [-0.39, 0.29) is 17.6 Å². The third kappa shape index (κ3) is 3.51. The summed E-state index contributed by atoms with van der Waals surface area (Å²) >= 11 is 0. The minimum Gasteiger partial charge on any atom is -0.396 e. The zero-order valence-electron chi connectivity index (χ0n) is 12.7. The maximum absolute atomic E-state index is 13.9. The Hall–Kier alpha value is -1.09. The molecule has 1 aliphatic rings. The number of anilines is 1. The first-order chi connectivity index (χ1) is 9.49. The van der Waals surface area contributed by atoms with Gasteiger partial charge in [-0.25, -0.2) is 4.39 Å². The van der Waals surface area contributed by atoms with Gasteiger partial charge in [0.1, 0.15) is 0 Å². The number of halogens is 1. The Bertz CT molecular complexity index is 447. The van der Waals surface area contributed by atoms with Gasteiger partial charge >= 0.3 is 0 Å². The Morgan fingerprint density at radius 1 is 1.35 bits per heavy atom. The third-order valence-corrected chi connectivity index (χ3v) is 4.52. The molecule has 0 radical (unpaired) electrons. The molecule has 1 aromatic rings. The lowest BCUT2D eigenvalue weighted by Crippen LogP contribution is -2.34. The van der Waals surface area contributed by atoms with E-state index in [1.165, 1.54) is 12.8 Å². The van der Waals surface area contributed by atoms with Crippen molar-refractivity contribution in [1.82, 2.24) is 0 Å². The number of nitrogens with two attached hydrogens (primary N) is 1. The van der Waals surface area contributed by atoms with Gasteiger partial charge in [0.15, 0.2) is 5.82 Å². The van der Waals surface area contributed by atoms with E-state index in [0.29, 0.717) is 29.9 Å². The average molecular weight is 279 g/mol. The first kappa shape index (κ1) is 15.3. The molecule has 0 aliphatic heterocycles. The fourth-order valence-electron chi connectivity index (χ4n) is 3.21. The van der Waals surface area contributed by atoms with Crippen LogP contribution in [0, 0.1) is 23.6 Å². The van der Waals surface area contributed by atoms with Crippen LogP contribution in [0.15, 0.2) is 18.2 Å². The summed E-state index contributed by atoms with van der Waals surface area (Å²) in [7, 11) is 0. The highest BCUT2D eigenvalue weighted by Crippen LogP contribution is 2.35. The molecule has 1 aromatic carbocycles. The summed E-state index contributed by atoms with van der Waals surface area (Å²) in [5.41, 5.74) is 6.35. The van der Waals surface area contributed by atoms with Crippen LogP contribution < -0.4 is 5.73 Å². The minimum absolute atomic E-state index is 0.198. The van der Waals surface area contributed by atoms with Crippen molar-refractivity contribution in [2.75, 3.05) is 5.73 Å². The van der Waals surface area contributed by atoms with Crippen molar-refractivity contribution in [3.05, 3.63) is 29.6 Å². The fraction of sp³-hybridized carbons (Fsp3) is 0.647. The second-order valence-corrected chi connectivity index (χ2v) is 6.50. The van der Waals surface area contributed by atoms with Gasteiger partial charge in [-0.1, -0.05) is 39.3 Å². The van der Waals surface area contributed by atoms with Crippen molar-refractivity contribution in [2.24, 2.45) is 17.8 Å². The molecule has 0 bridgehead atoms. The zero-order chi connectivity index (χ0) is 14.7. The molecule has 1 saturated carbocycles. The largest absolute Gasteiger partial charge is 0.396 e. The van der Waals surface area contributed by atoms with E-state index in [2.05, 4.69) is 20.8 Å². The quantitative estimate of drug-likeness (QED) is 0.830. The summed E-state index contributed by atoms with van der Waals surface area (Å²) < 4.78 is 19.9. The fourth-order valence-corrected chi connectivity index (χ4v) is 3.21. The maximum Gasteiger partial charge on any atom is 0.151 e. The monoisotopic (exact) mass is 279 g/mol. The first-order valence-electron chi connectivity index (χ1n) is 7.63. The highest BCUT2D eigenvalue weighted by Gasteiger charge is 2.31. The molecule has 3 heteroatoms. The van der Waals surface area contributed by atoms with Gasteiger partial charge < -0.3 is 10.5 Å². The van der Waals surface area contributed by atoms with Crippen molar-refractivity contribution in [2.45, 2.75) is 52.7 Å². The Kier molecular flexibility index (Phi) is 5.03. The molecule has 112 valence electrons. The molecule has 0 saturated heterocycles. The lowest BCUT2D eigenvalue weighted by Gasteiger charge is -2.37. The lowest BCUT2D eigenvalue weighted by atomic mass is 9.75. The lowest BCUT2D eigenvalue weighted by molar-refractivity contribution is -0.0480. The van der Waals surface area contributed by atoms with Crippen LogP contribution in [-0.4, -0.2) is 6.10 Å². The smallest absolute Gasteiger partial charge is 0.151 e. The summed E-state index contributed by atoms with van der Waals surface area (Å²) in [5.74, 6) is 1.55. The number of benzene rings is 1. The van der Waals surface area contributed by atoms with Crippen LogP contribution in [0.3, 0.4) is 0 Å². The topological polar surface area (TPSA) is 35.2 Å². The number of hydrogen-bond acceptors (Lipinski definition) is 2. The van der Waals surface area contributed by atoms with E-state index in [9.17, 15) is 4.39 Å². The van der Waals surface area contributed by atoms with Crippen molar-refractivity contribution in [3.63, 3.8) is 0 Å². The van der Waals surface area contributed by atoms with Gasteiger partial charge in [-0.2, -0.15) is 0 Å². The molecule has 20 heavy (non-hydrogen) atoms. The molecule has 3 unspecified atom stereocenters. The summed E-state index contributed by atoms with van der Waals surface area (Å²) in [5, 5.41) is 0. The minimum atomic E-state index is -0.336. The Labute approximate surface area is 121 Å². The summed E-state index contributed by atoms with van der Waals surface area (Å²) in [6, 6.07) is 5.11. The van der Waals surface area contributed by atoms with Crippen molar-refractivity contribution in [3.8, 4) is 0 Å². The molecule has 3 atom stereocenters. The molecule has 0 amide bonds. The molecular formula is C17H26FNO. The second-order valence-electron chi connectivity index (χ2n) is 6.50. The van der Waals surface area contributed by atoms with Crippen LogP contribution in [0.25, 0.3) is 0 Å². The zero-order valence-corrected chi connectivity index (χ0v) is 12.7. The Morgan fingerprint density at radius 3 is 2.80 bits per heavy atom. The SMILES string of the molecule is CC1CCC(C(C)C)C(OCc2cccc(N)c2F)C1. The second kappa shape index (κ2) is 6.57. The molecule has 0 aromatic heterocycles. The van der Waals surface area contributed by atoms with Crippen molar-refractivity contribution >= 4 is 5.69 Å². The highest BCUT2D eigenvalue weighted by molar-refractivity contribution is 5.42. The maximum atomic E-state index is 13.9. The van der Waals surface area contributed by atoms with Gasteiger partial charge in [-0.3, -0.25) is 0 Å². The summed E-state index contributed by atoms with van der Waals surface area (Å²) in [6.45, 7) is 7.08. The van der Waals surface area contributed by atoms with E-state index in [1.807, 2.05) is 0 Å². The van der Waals surface area contributed by atoms with Crippen LogP contribution in [-0.2, 0) is 11.3 Å². The van der Waals surface area contributed by atoms with E-state index >= 15 is 0 Å². The van der Waals surface area contributed by atoms with Crippen LogP contribution >= 0.6 is 0 Å². The standard InChI is InChI=1S/C17H26FNO/c1-11(2)14-8-7-12(3)9-16(14)20-10-13-5-4-6-15(19)17(13)18/h4-6,11-12,14,16H,7-10,19H2,1-3H3. The average Bonchev–Trinajstić information content (AvgIpc) is 2.40. The molecule has 0 heterocycles. The van der Waals surface area contributed by atoms with Gasteiger partial charge in [0.05, 0.1) is 18.4 Å². The molecular weight excluding hydrogens is 253 g/mol. The van der Waals surface area contributed by atoms with Crippen LogP contribution in [0.1, 0.15) is 45.6 Å². The van der Waals surface area contributed by atoms with Gasteiger partial charge in [-0.15, -0.1) is 0 Å². The van der Waals surface area contributed by atoms with E-state index in [0.717, 1.165) is 6.42 Å². The van der Waals surface area contributed by atoms with E-state index in [1.54, 1.807) is 18.2 Å². The summed E-state index contributed by atoms with van der Waals surface area (Å²) in [6.07, 6.45) is 3.80. The molecule has 1 fully saturated rings. The number of nitrogen functional groups attached to an aromatic ring is 1. The van der Waals surface area contributed by atoms with Crippen LogP contribution in [0.2, 0.25) is 0 Å². The molecule has 2 N–H and O–H groups in total. The third-order valence-electron chi connectivity index (χ3n) is 4.52. The predicted molar refractivity (Wildman–Crippen MR) is 80.7 cm³/mol. The van der Waals surface area contributed by atoms with E-state index < -0.39 is 0 Å². The van der Waals surface area contributed by atoms with Gasteiger partial charge in [-0.05, 0) is 36.7 Å². The van der Waals surface area contributed by atoms with Crippen LogP contribution in [0.4, 0.5) is 10.1 Å². The summed E-state index contributed by atoms with van der Waals surface area (Å²) in [4.78, 5) is 0. The molecule has 2 nitrogen and oxygen atoms in total. The molecule has 0 spiro atoms. The van der Waals surface area contributed by atoms with Crippen LogP contribution in [0.5, 0.6) is 0 Å². The predicted octanol–water partition coefficient (Wildman–Crippen LogP) is 4.39. The Morgan fingerprint density at radius 2 is 2.10 bits per heavy atom. The number of hydrogen-bond donors (Lipinski definition) is 1. The van der Waals surface area contributed by atoms with Gasteiger partial charge in [0.2, 0.25) is 0 Å². The number of rotatable bonds is 4. The van der Waals surface area contributed by atoms with Crippen molar-refractivity contribution < 1.29 is 9.13 Å². The molecule has 1 aliphatic carbocycles. The first-order valence-corrected chi connectivity index (χ1v) is 7.63. The highest BCUT2D eigenvalue weighted by atomic mass is 19.1. The Balaban J connectivity index is 2.02.